The second-order valence-corrected chi connectivity index (χ2v) is 11.4. The van der Waals surface area contributed by atoms with E-state index in [0.717, 1.165) is 37.7 Å². The predicted molar refractivity (Wildman–Crippen MR) is 148 cm³/mol. The van der Waals surface area contributed by atoms with E-state index in [1.165, 1.54) is 37.3 Å². The first-order valence-corrected chi connectivity index (χ1v) is 13.9. The van der Waals surface area contributed by atoms with Gasteiger partial charge in [0, 0.05) is 38.8 Å². The Balaban J connectivity index is 1.17. The van der Waals surface area contributed by atoms with Crippen LogP contribution in [0.2, 0.25) is 0 Å². The molecular formula is C29H37N7O2. The first-order valence-electron chi connectivity index (χ1n) is 13.9. The number of piperazine rings is 1. The summed E-state index contributed by atoms with van der Waals surface area (Å²) in [5.41, 5.74) is 4.13. The molecular weight excluding hydrogens is 478 g/mol. The van der Waals surface area contributed by atoms with Gasteiger partial charge in [0.05, 0.1) is 12.2 Å². The number of hydrogen-bond donors (Lipinski definition) is 2. The van der Waals surface area contributed by atoms with Crippen LogP contribution in [-0.2, 0) is 11.3 Å². The lowest BCUT2D eigenvalue weighted by molar-refractivity contribution is -0.134. The largest absolute Gasteiger partial charge is 0.348 e. The highest BCUT2D eigenvalue weighted by Crippen LogP contribution is 2.68. The SMILES string of the molecule is C=CC(=O)N1CCN([C@H](CC23CC(C2)C3)c2ccc([C@H](C)Nc3ncc4[nH]c(=O)n(CC)c4n3)cc2)CC1. The molecule has 1 saturated heterocycles. The van der Waals surface area contributed by atoms with Crippen LogP contribution in [0.1, 0.15) is 62.7 Å². The molecule has 2 atom stereocenters. The van der Waals surface area contributed by atoms with Gasteiger partial charge >= 0.3 is 5.69 Å². The van der Waals surface area contributed by atoms with Gasteiger partial charge in [0.1, 0.15) is 5.52 Å². The Morgan fingerprint density at radius 3 is 2.47 bits per heavy atom. The second-order valence-electron chi connectivity index (χ2n) is 11.4. The van der Waals surface area contributed by atoms with Crippen molar-refractivity contribution in [3.8, 4) is 0 Å². The molecule has 2 N–H and O–H groups in total. The van der Waals surface area contributed by atoms with Gasteiger partial charge in [-0.3, -0.25) is 14.3 Å². The fourth-order valence-corrected chi connectivity index (χ4v) is 6.75. The van der Waals surface area contributed by atoms with Crippen molar-refractivity contribution in [3.05, 3.63) is 64.7 Å². The summed E-state index contributed by atoms with van der Waals surface area (Å²) in [6.45, 7) is 11.5. The normalized spacial score (nSPS) is 24.4. The summed E-state index contributed by atoms with van der Waals surface area (Å²) in [4.78, 5) is 40.5. The van der Waals surface area contributed by atoms with Gasteiger partial charge in [0.15, 0.2) is 5.65 Å². The Morgan fingerprint density at radius 1 is 1.18 bits per heavy atom. The molecule has 1 aromatic carbocycles. The summed E-state index contributed by atoms with van der Waals surface area (Å²) in [5.74, 6) is 1.50. The lowest BCUT2D eigenvalue weighted by atomic mass is 9.42. The van der Waals surface area contributed by atoms with Crippen molar-refractivity contribution in [2.24, 2.45) is 11.3 Å². The number of H-pyrrole nitrogens is 1. The lowest BCUT2D eigenvalue weighted by Gasteiger charge is -2.64. The van der Waals surface area contributed by atoms with E-state index in [0.29, 0.717) is 35.1 Å². The van der Waals surface area contributed by atoms with Crippen LogP contribution >= 0.6 is 0 Å². The van der Waals surface area contributed by atoms with Gasteiger partial charge in [-0.25, -0.2) is 9.78 Å². The van der Waals surface area contributed by atoms with E-state index in [2.05, 4.69) is 62.9 Å². The number of benzene rings is 1. The van der Waals surface area contributed by atoms with E-state index in [4.69, 9.17) is 0 Å². The van der Waals surface area contributed by atoms with Crippen molar-refractivity contribution < 1.29 is 4.79 Å². The molecule has 4 aliphatic rings. The summed E-state index contributed by atoms with van der Waals surface area (Å²) >= 11 is 0. The van der Waals surface area contributed by atoms with Crippen LogP contribution < -0.4 is 11.0 Å². The number of amides is 1. The molecule has 3 aromatic rings. The molecule has 9 nitrogen and oxygen atoms in total. The molecule has 1 aliphatic heterocycles. The molecule has 0 radical (unpaired) electrons. The van der Waals surface area contributed by atoms with Gasteiger partial charge in [-0.05, 0) is 68.1 Å². The first kappa shape index (κ1) is 24.9. The van der Waals surface area contributed by atoms with Crippen molar-refractivity contribution in [3.63, 3.8) is 0 Å². The van der Waals surface area contributed by atoms with Crippen molar-refractivity contribution in [1.29, 1.82) is 0 Å². The highest BCUT2D eigenvalue weighted by molar-refractivity contribution is 5.87. The Morgan fingerprint density at radius 2 is 1.87 bits per heavy atom. The molecule has 200 valence electrons. The number of rotatable bonds is 9. The Kier molecular flexibility index (Phi) is 6.34. The van der Waals surface area contributed by atoms with E-state index in [9.17, 15) is 9.59 Å². The molecule has 2 bridgehead atoms. The van der Waals surface area contributed by atoms with Gasteiger partial charge < -0.3 is 15.2 Å². The number of aryl methyl sites for hydroxylation is 1. The number of aromatic amines is 1. The smallest absolute Gasteiger partial charge is 0.327 e. The van der Waals surface area contributed by atoms with Gasteiger partial charge in [0.25, 0.3) is 0 Å². The highest BCUT2D eigenvalue weighted by Gasteiger charge is 2.57. The van der Waals surface area contributed by atoms with Crippen LogP contribution in [0.25, 0.3) is 11.2 Å². The Labute approximate surface area is 223 Å². The summed E-state index contributed by atoms with van der Waals surface area (Å²) in [6.07, 6.45) is 8.44. The summed E-state index contributed by atoms with van der Waals surface area (Å²) in [5, 5.41) is 3.40. The Hall–Kier alpha value is -3.46. The quantitative estimate of drug-likeness (QED) is 0.420. The maximum absolute atomic E-state index is 12.1. The second kappa shape index (κ2) is 9.69. The first-order chi connectivity index (χ1) is 18.4. The van der Waals surface area contributed by atoms with Gasteiger partial charge in [-0.1, -0.05) is 30.8 Å². The third-order valence-corrected chi connectivity index (χ3v) is 9.03. The van der Waals surface area contributed by atoms with Gasteiger partial charge in [0.2, 0.25) is 11.9 Å². The number of imidazole rings is 1. The summed E-state index contributed by atoms with van der Waals surface area (Å²) in [7, 11) is 0. The van der Waals surface area contributed by atoms with Crippen LogP contribution in [0, 0.1) is 11.3 Å². The van der Waals surface area contributed by atoms with Crippen molar-refractivity contribution in [2.45, 2.75) is 58.2 Å². The molecule has 4 fully saturated rings. The number of aromatic nitrogens is 4. The van der Waals surface area contributed by atoms with Crippen LogP contribution in [-0.4, -0.2) is 61.4 Å². The fourth-order valence-electron chi connectivity index (χ4n) is 6.75. The third kappa shape index (κ3) is 4.42. The summed E-state index contributed by atoms with van der Waals surface area (Å²) < 4.78 is 1.61. The van der Waals surface area contributed by atoms with Gasteiger partial charge in [-0.15, -0.1) is 0 Å². The molecule has 38 heavy (non-hydrogen) atoms. The predicted octanol–water partition coefficient (Wildman–Crippen LogP) is 3.87. The fraction of sp³-hybridized carbons (Fsp3) is 0.517. The number of nitrogens with zero attached hydrogens (tertiary/aromatic N) is 5. The molecule has 2 aromatic heterocycles. The highest BCUT2D eigenvalue weighted by atomic mass is 16.2. The van der Waals surface area contributed by atoms with Crippen molar-refractivity contribution in [1.82, 2.24) is 29.3 Å². The zero-order valence-corrected chi connectivity index (χ0v) is 22.3. The minimum Gasteiger partial charge on any atom is -0.348 e. The number of nitrogens with one attached hydrogen (secondary N) is 2. The minimum atomic E-state index is -0.167. The zero-order valence-electron chi connectivity index (χ0n) is 22.3. The van der Waals surface area contributed by atoms with E-state index in [1.54, 1.807) is 10.8 Å². The number of carbonyl (C=O) groups is 1. The van der Waals surface area contributed by atoms with Crippen molar-refractivity contribution in [2.75, 3.05) is 31.5 Å². The topological polar surface area (TPSA) is 99.2 Å². The molecule has 3 aliphatic carbocycles. The minimum absolute atomic E-state index is 0.00627. The maximum atomic E-state index is 12.1. The monoisotopic (exact) mass is 515 g/mol. The van der Waals surface area contributed by atoms with Crippen LogP contribution in [0.15, 0.2) is 47.9 Å². The molecule has 9 heteroatoms. The van der Waals surface area contributed by atoms with E-state index in [-0.39, 0.29) is 17.6 Å². The molecule has 7 rings (SSSR count). The van der Waals surface area contributed by atoms with Crippen LogP contribution in [0.5, 0.6) is 0 Å². The lowest BCUT2D eigenvalue weighted by Crippen LogP contribution is -2.55. The third-order valence-electron chi connectivity index (χ3n) is 9.03. The maximum Gasteiger partial charge on any atom is 0.327 e. The number of anilines is 1. The van der Waals surface area contributed by atoms with E-state index < -0.39 is 0 Å². The molecule has 0 spiro atoms. The van der Waals surface area contributed by atoms with E-state index >= 15 is 0 Å². The van der Waals surface area contributed by atoms with E-state index in [1.807, 2.05) is 11.8 Å². The Bertz CT molecular complexity index is 1380. The molecule has 1 amide bonds. The van der Waals surface area contributed by atoms with Crippen molar-refractivity contribution >= 4 is 23.0 Å². The number of fused-ring (bicyclic) bond motifs is 1. The standard InChI is InChI=1S/C29H37N7O2/c1-4-25(37)35-12-10-34(11-13-35)24(17-29-14-20(15-29)16-29)22-8-6-21(7-9-22)19(3)31-27-30-18-23-26(33-27)36(5-2)28(38)32-23/h4,6-9,18-20,24H,1,5,10-17H2,2-3H3,(H,32,38)(H,30,31,33)/t19-,20?,24+,29?/m0/s1. The molecule has 3 heterocycles. The number of hydrogen-bond acceptors (Lipinski definition) is 6. The van der Waals surface area contributed by atoms with Crippen LogP contribution in [0.4, 0.5) is 5.95 Å². The zero-order chi connectivity index (χ0) is 26.4. The van der Waals surface area contributed by atoms with Crippen LogP contribution in [0.3, 0.4) is 0 Å². The average Bonchev–Trinajstić information content (AvgIpc) is 3.21. The summed E-state index contributed by atoms with van der Waals surface area (Å²) in [6, 6.07) is 9.34. The molecule has 3 saturated carbocycles. The van der Waals surface area contributed by atoms with Gasteiger partial charge in [-0.2, -0.15) is 4.98 Å². The molecule has 0 unspecified atom stereocenters. The average molecular weight is 516 g/mol. The number of carbonyl (C=O) groups excluding carboxylic acids is 1.